The Morgan fingerprint density at radius 2 is 1.70 bits per heavy atom. The highest BCUT2D eigenvalue weighted by molar-refractivity contribution is 5.76. The number of likely N-dealkylation sites (tertiary alicyclic amines) is 1. The first-order chi connectivity index (χ1) is 11.2. The van der Waals surface area contributed by atoms with Gasteiger partial charge in [0.15, 0.2) is 0 Å². The lowest BCUT2D eigenvalue weighted by atomic mass is 9.71. The lowest BCUT2D eigenvalue weighted by Gasteiger charge is -2.44. The summed E-state index contributed by atoms with van der Waals surface area (Å²) in [5, 5.41) is 3.47. The average molecular weight is 322 g/mol. The smallest absolute Gasteiger partial charge is 0.223 e. The maximum atomic E-state index is 12.5. The number of hydrogen-bond donors (Lipinski definition) is 1. The van der Waals surface area contributed by atoms with E-state index in [1.54, 1.807) is 0 Å². The number of rotatable bonds is 3. The van der Waals surface area contributed by atoms with Gasteiger partial charge in [0.05, 0.1) is 0 Å². The van der Waals surface area contributed by atoms with Crippen LogP contribution in [0.2, 0.25) is 0 Å². The second-order valence-corrected chi connectivity index (χ2v) is 7.88. The maximum Gasteiger partial charge on any atom is 0.223 e. The third-order valence-corrected chi connectivity index (χ3v) is 6.30. The van der Waals surface area contributed by atoms with Gasteiger partial charge in [-0.25, -0.2) is 0 Å². The highest BCUT2D eigenvalue weighted by Gasteiger charge is 2.36. The Kier molecular flexibility index (Phi) is 5.94. The standard InChI is InChI=1S/C18H34N4O/c1-20-10-2-11-21(16-15-20)12-3-17(23)22-13-6-18(7-14-22)4-8-19-9-5-18/h19H,2-16H2,1H3. The first kappa shape index (κ1) is 17.2. The number of carbonyl (C=O) groups is 1. The highest BCUT2D eigenvalue weighted by atomic mass is 16.2. The van der Waals surface area contributed by atoms with E-state index in [9.17, 15) is 4.79 Å². The minimum absolute atomic E-state index is 0.381. The molecule has 0 aromatic rings. The van der Waals surface area contributed by atoms with Gasteiger partial charge in [0.2, 0.25) is 5.91 Å². The molecule has 23 heavy (non-hydrogen) atoms. The van der Waals surface area contributed by atoms with Crippen LogP contribution in [0.15, 0.2) is 0 Å². The van der Waals surface area contributed by atoms with Gasteiger partial charge in [-0.3, -0.25) is 4.79 Å². The highest BCUT2D eigenvalue weighted by Crippen LogP contribution is 2.39. The molecule has 3 saturated heterocycles. The summed E-state index contributed by atoms with van der Waals surface area (Å²) in [5.41, 5.74) is 0.539. The third kappa shape index (κ3) is 4.68. The van der Waals surface area contributed by atoms with Crippen molar-refractivity contribution in [2.75, 3.05) is 66.0 Å². The van der Waals surface area contributed by atoms with E-state index in [1.807, 2.05) is 0 Å². The molecule has 0 bridgehead atoms. The Labute approximate surface area is 141 Å². The van der Waals surface area contributed by atoms with Crippen LogP contribution < -0.4 is 5.32 Å². The molecule has 3 rings (SSSR count). The molecule has 3 aliphatic rings. The number of nitrogens with zero attached hydrogens (tertiary/aromatic N) is 3. The van der Waals surface area contributed by atoms with Crippen molar-refractivity contribution in [2.24, 2.45) is 5.41 Å². The van der Waals surface area contributed by atoms with Crippen molar-refractivity contribution in [3.63, 3.8) is 0 Å². The lowest BCUT2D eigenvalue weighted by molar-refractivity contribution is -0.134. The summed E-state index contributed by atoms with van der Waals surface area (Å²) in [7, 11) is 2.19. The van der Waals surface area contributed by atoms with Crippen LogP contribution in [0.1, 0.15) is 38.5 Å². The SMILES string of the molecule is CN1CCCN(CCC(=O)N2CCC3(CCNCC3)CC2)CC1. The molecule has 3 aliphatic heterocycles. The summed E-state index contributed by atoms with van der Waals surface area (Å²) < 4.78 is 0. The fourth-order valence-corrected chi connectivity index (χ4v) is 4.42. The van der Waals surface area contributed by atoms with E-state index in [-0.39, 0.29) is 0 Å². The van der Waals surface area contributed by atoms with Crippen LogP contribution in [0, 0.1) is 5.41 Å². The fourth-order valence-electron chi connectivity index (χ4n) is 4.42. The summed E-state index contributed by atoms with van der Waals surface area (Å²) in [6.07, 6.45) is 6.97. The van der Waals surface area contributed by atoms with Gasteiger partial charge in [-0.2, -0.15) is 0 Å². The minimum atomic E-state index is 0.381. The van der Waals surface area contributed by atoms with Gasteiger partial charge in [0.1, 0.15) is 0 Å². The van der Waals surface area contributed by atoms with Gasteiger partial charge < -0.3 is 20.0 Å². The van der Waals surface area contributed by atoms with Crippen molar-refractivity contribution in [3.05, 3.63) is 0 Å². The van der Waals surface area contributed by atoms with Gasteiger partial charge in [-0.1, -0.05) is 0 Å². The predicted octanol–water partition coefficient (Wildman–Crippen LogP) is 1.01. The molecule has 1 spiro atoms. The number of amides is 1. The molecule has 3 heterocycles. The Balaban J connectivity index is 1.39. The van der Waals surface area contributed by atoms with E-state index in [0.717, 1.165) is 52.4 Å². The number of piperidine rings is 2. The van der Waals surface area contributed by atoms with Gasteiger partial charge in [0.25, 0.3) is 0 Å². The molecule has 0 radical (unpaired) electrons. The van der Waals surface area contributed by atoms with E-state index in [1.165, 1.54) is 38.6 Å². The monoisotopic (exact) mass is 322 g/mol. The van der Waals surface area contributed by atoms with Gasteiger partial charge in [-0.05, 0) is 70.7 Å². The van der Waals surface area contributed by atoms with Crippen molar-refractivity contribution in [3.8, 4) is 0 Å². The van der Waals surface area contributed by atoms with Crippen LogP contribution in [-0.2, 0) is 4.79 Å². The second-order valence-electron chi connectivity index (χ2n) is 7.88. The van der Waals surface area contributed by atoms with E-state index in [4.69, 9.17) is 0 Å². The minimum Gasteiger partial charge on any atom is -0.343 e. The largest absolute Gasteiger partial charge is 0.343 e. The molecular formula is C18H34N4O. The van der Waals surface area contributed by atoms with Crippen LogP contribution in [0.4, 0.5) is 0 Å². The Morgan fingerprint density at radius 1 is 0.957 bits per heavy atom. The van der Waals surface area contributed by atoms with Crippen molar-refractivity contribution < 1.29 is 4.79 Å². The van der Waals surface area contributed by atoms with Crippen molar-refractivity contribution in [2.45, 2.75) is 38.5 Å². The van der Waals surface area contributed by atoms with Crippen molar-refractivity contribution in [1.82, 2.24) is 20.0 Å². The summed E-state index contributed by atoms with van der Waals surface area (Å²) >= 11 is 0. The van der Waals surface area contributed by atoms with Crippen LogP contribution >= 0.6 is 0 Å². The summed E-state index contributed by atoms with van der Waals surface area (Å²) in [6, 6.07) is 0. The molecule has 1 N–H and O–H groups in total. The number of nitrogens with one attached hydrogen (secondary N) is 1. The molecule has 0 aromatic heterocycles. The lowest BCUT2D eigenvalue weighted by Crippen LogP contribution is -2.47. The summed E-state index contributed by atoms with van der Waals surface area (Å²) in [6.45, 7) is 9.83. The first-order valence-electron chi connectivity index (χ1n) is 9.56. The normalized spacial score (nSPS) is 27.1. The van der Waals surface area contributed by atoms with Crippen molar-refractivity contribution >= 4 is 5.91 Å². The van der Waals surface area contributed by atoms with Crippen molar-refractivity contribution in [1.29, 1.82) is 0 Å². The summed E-state index contributed by atoms with van der Waals surface area (Å²) in [5.74, 6) is 0.381. The molecule has 3 fully saturated rings. The molecule has 0 saturated carbocycles. The second kappa shape index (κ2) is 7.95. The van der Waals surface area contributed by atoms with Crippen LogP contribution in [0.5, 0.6) is 0 Å². The third-order valence-electron chi connectivity index (χ3n) is 6.30. The molecule has 0 aromatic carbocycles. The number of hydrogen-bond acceptors (Lipinski definition) is 4. The Hall–Kier alpha value is -0.650. The van der Waals surface area contributed by atoms with Gasteiger partial charge >= 0.3 is 0 Å². The van der Waals surface area contributed by atoms with E-state index in [0.29, 0.717) is 17.7 Å². The van der Waals surface area contributed by atoms with Crippen LogP contribution in [0.3, 0.4) is 0 Å². The van der Waals surface area contributed by atoms with E-state index < -0.39 is 0 Å². The zero-order valence-electron chi connectivity index (χ0n) is 14.9. The van der Waals surface area contributed by atoms with Gasteiger partial charge in [0, 0.05) is 39.1 Å². The molecule has 5 heteroatoms. The summed E-state index contributed by atoms with van der Waals surface area (Å²) in [4.78, 5) is 19.5. The zero-order valence-corrected chi connectivity index (χ0v) is 14.9. The topological polar surface area (TPSA) is 38.8 Å². The maximum absolute atomic E-state index is 12.5. The van der Waals surface area contributed by atoms with E-state index in [2.05, 4.69) is 27.1 Å². The molecule has 132 valence electrons. The quantitative estimate of drug-likeness (QED) is 0.842. The van der Waals surface area contributed by atoms with E-state index >= 15 is 0 Å². The zero-order chi connectivity index (χ0) is 16.1. The Morgan fingerprint density at radius 3 is 2.43 bits per heavy atom. The number of likely N-dealkylation sites (N-methyl/N-ethyl adjacent to an activating group) is 1. The van der Waals surface area contributed by atoms with Crippen LogP contribution in [-0.4, -0.2) is 86.6 Å². The molecule has 5 nitrogen and oxygen atoms in total. The Bertz CT molecular complexity index is 384. The molecular weight excluding hydrogens is 288 g/mol. The molecule has 0 unspecified atom stereocenters. The first-order valence-corrected chi connectivity index (χ1v) is 9.56. The fraction of sp³-hybridized carbons (Fsp3) is 0.944. The number of carbonyl (C=O) groups excluding carboxylic acids is 1. The molecule has 1 amide bonds. The molecule has 0 atom stereocenters. The molecule has 0 aliphatic carbocycles. The van der Waals surface area contributed by atoms with Gasteiger partial charge in [-0.15, -0.1) is 0 Å². The average Bonchev–Trinajstić information content (AvgIpc) is 2.78. The predicted molar refractivity (Wildman–Crippen MR) is 93.5 cm³/mol. The van der Waals surface area contributed by atoms with Crippen LogP contribution in [0.25, 0.3) is 0 Å².